The molecule has 0 atom stereocenters. The molecular weight excluding hydrogens is 474 g/mol. The lowest BCUT2D eigenvalue weighted by Crippen LogP contribution is -2.25. The molecule has 2 N–H and O–H groups in total. The van der Waals surface area contributed by atoms with E-state index in [2.05, 4.69) is 10.0 Å². The number of hydrogen-bond donors (Lipinski definition) is 2. The van der Waals surface area contributed by atoms with Crippen molar-refractivity contribution in [3.8, 4) is 0 Å². The first kappa shape index (κ1) is 23.8. The number of carbonyl (C=O) groups is 1. The molecule has 1 amide bonds. The van der Waals surface area contributed by atoms with Gasteiger partial charge in [-0.3, -0.25) is 13.8 Å². The van der Waals surface area contributed by atoms with Crippen molar-refractivity contribution in [3.05, 3.63) is 83.4 Å². The van der Waals surface area contributed by atoms with Crippen LogP contribution in [-0.2, 0) is 20.0 Å². The zero-order valence-electron chi connectivity index (χ0n) is 18.8. The summed E-state index contributed by atoms with van der Waals surface area (Å²) in [7, 11) is -7.08. The Labute approximate surface area is 199 Å². The number of nitrogens with zero attached hydrogens (tertiary/aromatic N) is 1. The van der Waals surface area contributed by atoms with Crippen molar-refractivity contribution in [1.82, 2.24) is 0 Å². The first-order valence-corrected chi connectivity index (χ1v) is 13.8. The van der Waals surface area contributed by atoms with Crippen LogP contribution in [0.2, 0.25) is 0 Å². The first-order chi connectivity index (χ1) is 16.1. The molecule has 1 aliphatic rings. The molecule has 1 saturated heterocycles. The minimum Gasteiger partial charge on any atom is -0.322 e. The summed E-state index contributed by atoms with van der Waals surface area (Å²) in [5.74, 6) is -0.263. The maximum atomic E-state index is 12.8. The molecule has 1 heterocycles. The highest BCUT2D eigenvalue weighted by molar-refractivity contribution is 7.93. The van der Waals surface area contributed by atoms with Crippen LogP contribution < -0.4 is 14.3 Å². The molecule has 8 nitrogen and oxygen atoms in total. The van der Waals surface area contributed by atoms with Gasteiger partial charge in [0.1, 0.15) is 0 Å². The van der Waals surface area contributed by atoms with E-state index in [1.165, 1.54) is 28.6 Å². The fourth-order valence-corrected chi connectivity index (χ4v) is 6.57. The van der Waals surface area contributed by atoms with Gasteiger partial charge in [0.25, 0.3) is 15.9 Å². The Bertz CT molecular complexity index is 1410. The van der Waals surface area contributed by atoms with Gasteiger partial charge in [-0.1, -0.05) is 18.2 Å². The van der Waals surface area contributed by atoms with Gasteiger partial charge < -0.3 is 5.32 Å². The van der Waals surface area contributed by atoms with Gasteiger partial charge in [0, 0.05) is 17.8 Å². The third-order valence-electron chi connectivity index (χ3n) is 5.66. The third-order valence-corrected chi connectivity index (χ3v) is 8.89. The molecule has 0 radical (unpaired) electrons. The molecule has 0 unspecified atom stereocenters. The number of benzene rings is 3. The Morgan fingerprint density at radius 3 is 2.09 bits per heavy atom. The SMILES string of the molecule is Cc1cccc(C)c1NS(=O)(=O)c1ccc(NC(=O)c2ccc(N3CCCS3(=O)=O)cc2)cc1. The zero-order valence-corrected chi connectivity index (χ0v) is 20.4. The normalized spacial score (nSPS) is 15.2. The lowest BCUT2D eigenvalue weighted by atomic mass is 10.1. The van der Waals surface area contributed by atoms with Crippen LogP contribution in [0.25, 0.3) is 0 Å². The monoisotopic (exact) mass is 499 g/mol. The van der Waals surface area contributed by atoms with E-state index in [0.29, 0.717) is 35.6 Å². The number of para-hydroxylation sites is 1. The van der Waals surface area contributed by atoms with E-state index in [0.717, 1.165) is 11.1 Å². The molecule has 178 valence electrons. The highest BCUT2D eigenvalue weighted by Gasteiger charge is 2.28. The number of rotatable bonds is 6. The van der Waals surface area contributed by atoms with E-state index >= 15 is 0 Å². The van der Waals surface area contributed by atoms with Crippen LogP contribution in [0.1, 0.15) is 27.9 Å². The van der Waals surface area contributed by atoms with E-state index in [-0.39, 0.29) is 16.6 Å². The smallest absolute Gasteiger partial charge is 0.261 e. The van der Waals surface area contributed by atoms with Crippen LogP contribution in [0, 0.1) is 13.8 Å². The van der Waals surface area contributed by atoms with Crippen molar-refractivity contribution in [2.24, 2.45) is 0 Å². The molecular formula is C24H25N3O5S2. The predicted molar refractivity (Wildman–Crippen MR) is 133 cm³/mol. The lowest BCUT2D eigenvalue weighted by molar-refractivity contribution is 0.102. The molecule has 3 aromatic rings. The number of hydrogen-bond acceptors (Lipinski definition) is 5. The Morgan fingerprint density at radius 1 is 0.912 bits per heavy atom. The Hall–Kier alpha value is -3.37. The van der Waals surface area contributed by atoms with E-state index in [4.69, 9.17) is 0 Å². The van der Waals surface area contributed by atoms with Crippen LogP contribution in [0.5, 0.6) is 0 Å². The number of anilines is 3. The summed E-state index contributed by atoms with van der Waals surface area (Å²) in [4.78, 5) is 12.7. The average Bonchev–Trinajstić information content (AvgIpc) is 3.16. The van der Waals surface area contributed by atoms with Gasteiger partial charge in [0.05, 0.1) is 22.0 Å². The summed E-state index contributed by atoms with van der Waals surface area (Å²) >= 11 is 0. The van der Waals surface area contributed by atoms with Gasteiger partial charge in [-0.25, -0.2) is 16.8 Å². The summed E-state index contributed by atoms with van der Waals surface area (Å²) in [6.07, 6.45) is 0.580. The van der Waals surface area contributed by atoms with Crippen molar-refractivity contribution in [2.45, 2.75) is 25.2 Å². The maximum Gasteiger partial charge on any atom is 0.261 e. The molecule has 4 rings (SSSR count). The van der Waals surface area contributed by atoms with Gasteiger partial charge >= 0.3 is 0 Å². The molecule has 0 spiro atoms. The van der Waals surface area contributed by atoms with E-state index in [1.54, 1.807) is 24.3 Å². The van der Waals surface area contributed by atoms with Crippen molar-refractivity contribution < 1.29 is 21.6 Å². The first-order valence-electron chi connectivity index (χ1n) is 10.7. The molecule has 0 bridgehead atoms. The van der Waals surface area contributed by atoms with E-state index < -0.39 is 20.0 Å². The molecule has 0 aromatic heterocycles. The summed E-state index contributed by atoms with van der Waals surface area (Å²) in [5.41, 5.74) is 3.50. The summed E-state index contributed by atoms with van der Waals surface area (Å²) in [6.45, 7) is 4.10. The molecule has 1 fully saturated rings. The lowest BCUT2D eigenvalue weighted by Gasteiger charge is -2.17. The van der Waals surface area contributed by atoms with Crippen molar-refractivity contribution >= 4 is 43.0 Å². The zero-order chi connectivity index (χ0) is 24.5. The Morgan fingerprint density at radius 2 is 1.53 bits per heavy atom. The number of nitrogens with one attached hydrogen (secondary N) is 2. The topological polar surface area (TPSA) is 113 Å². The standard InChI is InChI=1S/C24H25N3O5S2/c1-17-5-3-6-18(2)23(17)26-34(31,32)22-13-9-20(10-14-22)25-24(28)19-7-11-21(12-8-19)27-15-4-16-33(27,29)30/h3,5-14,26H,4,15-16H2,1-2H3,(H,25,28). The van der Waals surface area contributed by atoms with E-state index in [9.17, 15) is 21.6 Å². The summed E-state index contributed by atoms with van der Waals surface area (Å²) in [6, 6.07) is 17.7. The van der Waals surface area contributed by atoms with Crippen molar-refractivity contribution in [3.63, 3.8) is 0 Å². The summed E-state index contributed by atoms with van der Waals surface area (Å²) < 4.78 is 53.7. The highest BCUT2D eigenvalue weighted by atomic mass is 32.2. The van der Waals surface area contributed by atoms with Crippen LogP contribution in [0.15, 0.2) is 71.6 Å². The number of sulfonamides is 2. The largest absolute Gasteiger partial charge is 0.322 e. The second-order valence-corrected chi connectivity index (χ2v) is 11.8. The van der Waals surface area contributed by atoms with Crippen molar-refractivity contribution in [1.29, 1.82) is 0 Å². The van der Waals surface area contributed by atoms with Crippen LogP contribution in [-0.4, -0.2) is 35.0 Å². The average molecular weight is 500 g/mol. The molecule has 34 heavy (non-hydrogen) atoms. The van der Waals surface area contributed by atoms with Crippen molar-refractivity contribution in [2.75, 3.05) is 26.6 Å². The number of amides is 1. The van der Waals surface area contributed by atoms with Crippen LogP contribution in [0.4, 0.5) is 17.1 Å². The van der Waals surface area contributed by atoms with Gasteiger partial charge in [0.15, 0.2) is 0 Å². The fourth-order valence-electron chi connectivity index (χ4n) is 3.80. The van der Waals surface area contributed by atoms with Gasteiger partial charge in [-0.15, -0.1) is 0 Å². The highest BCUT2D eigenvalue weighted by Crippen LogP contribution is 2.26. The maximum absolute atomic E-state index is 12.8. The van der Waals surface area contributed by atoms with Gasteiger partial charge in [-0.05, 0) is 79.9 Å². The quantitative estimate of drug-likeness (QED) is 0.534. The molecule has 3 aromatic carbocycles. The van der Waals surface area contributed by atoms with Gasteiger partial charge in [-0.2, -0.15) is 0 Å². The molecule has 0 saturated carbocycles. The molecule has 0 aliphatic carbocycles. The van der Waals surface area contributed by atoms with Crippen LogP contribution >= 0.6 is 0 Å². The fraction of sp³-hybridized carbons (Fsp3) is 0.208. The number of carbonyl (C=O) groups excluding carboxylic acids is 1. The molecule has 10 heteroatoms. The van der Waals surface area contributed by atoms with E-state index in [1.807, 2.05) is 32.0 Å². The Balaban J connectivity index is 1.45. The third kappa shape index (κ3) is 4.92. The summed E-state index contributed by atoms with van der Waals surface area (Å²) in [5, 5.41) is 2.72. The number of aryl methyl sites for hydroxylation is 2. The predicted octanol–water partition coefficient (Wildman–Crippen LogP) is 3.90. The Kier molecular flexibility index (Phi) is 6.37. The minimum absolute atomic E-state index is 0.0735. The second kappa shape index (κ2) is 9.11. The van der Waals surface area contributed by atoms with Gasteiger partial charge in [0.2, 0.25) is 10.0 Å². The minimum atomic E-state index is -3.79. The molecule has 1 aliphatic heterocycles. The second-order valence-electron chi connectivity index (χ2n) is 8.14. The van der Waals surface area contributed by atoms with Crippen LogP contribution in [0.3, 0.4) is 0 Å².